The first kappa shape index (κ1) is 23.7. The van der Waals surface area contributed by atoms with Crippen LogP contribution in [0.25, 0.3) is 22.3 Å². The summed E-state index contributed by atoms with van der Waals surface area (Å²) in [7, 11) is 0. The van der Waals surface area contributed by atoms with Gasteiger partial charge in [0.1, 0.15) is 6.61 Å². The van der Waals surface area contributed by atoms with E-state index in [9.17, 15) is 9.90 Å². The number of aromatic nitrogens is 2. The molecule has 1 N–H and O–H groups in total. The molecule has 0 bridgehead atoms. The number of hydrogen-bond acceptors (Lipinski definition) is 8. The zero-order chi connectivity index (χ0) is 22.8. The van der Waals surface area contributed by atoms with Gasteiger partial charge in [0.2, 0.25) is 0 Å². The second-order valence-electron chi connectivity index (χ2n) is 6.70. The number of phenolic OH excluding ortho intramolecular Hbond substituents is 1. The fraction of sp³-hybridized carbons (Fsp3) is 0.348. The van der Waals surface area contributed by atoms with Crippen molar-refractivity contribution in [3.63, 3.8) is 0 Å². The molecule has 1 aromatic heterocycles. The predicted octanol–water partition coefficient (Wildman–Crippen LogP) is 4.02. The summed E-state index contributed by atoms with van der Waals surface area (Å²) in [5, 5.41) is 10.9. The highest BCUT2D eigenvalue weighted by Gasteiger charge is 2.10. The minimum atomic E-state index is -0.402. The molecule has 3 aromatic rings. The van der Waals surface area contributed by atoms with Crippen LogP contribution in [0.3, 0.4) is 0 Å². The third-order valence-electron chi connectivity index (χ3n) is 4.39. The zero-order valence-corrected chi connectivity index (χ0v) is 18.5. The fourth-order valence-electron chi connectivity index (χ4n) is 2.82. The van der Waals surface area contributed by atoms with Crippen LogP contribution in [0.15, 0.2) is 42.6 Å². The Morgan fingerprint density at radius 3 is 2.62 bits per heavy atom. The van der Waals surface area contributed by atoms with Crippen molar-refractivity contribution in [3.05, 3.63) is 47.6 Å². The van der Waals surface area contributed by atoms with E-state index in [0.717, 1.165) is 0 Å². The van der Waals surface area contributed by atoms with Crippen molar-refractivity contribution in [2.45, 2.75) is 13.3 Å². The predicted molar refractivity (Wildman–Crippen MR) is 120 cm³/mol. The van der Waals surface area contributed by atoms with E-state index in [1.54, 1.807) is 42.6 Å². The molecule has 170 valence electrons. The molecule has 0 aliphatic rings. The van der Waals surface area contributed by atoms with Crippen LogP contribution >= 0.6 is 11.6 Å². The molecule has 0 atom stereocenters. The van der Waals surface area contributed by atoms with Crippen LogP contribution < -0.4 is 4.74 Å². The lowest BCUT2D eigenvalue weighted by Gasteiger charge is -2.10. The monoisotopic (exact) mass is 460 g/mol. The standard InChI is InChI=1S/C23H25ClN2O6/c1-2-29-9-10-30-11-12-32-23(28)7-8-31-22-6-3-16(13-21(22)27)20-15-25-19-14-17(24)4-5-18(19)26-20/h3-6,13-15,27H,2,7-12H2,1H3. The van der Waals surface area contributed by atoms with Gasteiger partial charge < -0.3 is 24.1 Å². The molecule has 0 fully saturated rings. The molecule has 0 aliphatic carbocycles. The highest BCUT2D eigenvalue weighted by Crippen LogP contribution is 2.31. The van der Waals surface area contributed by atoms with Crippen LogP contribution in [0.4, 0.5) is 0 Å². The van der Waals surface area contributed by atoms with E-state index >= 15 is 0 Å². The van der Waals surface area contributed by atoms with Gasteiger partial charge in [-0.15, -0.1) is 0 Å². The lowest BCUT2D eigenvalue weighted by Crippen LogP contribution is -2.14. The molecule has 0 saturated carbocycles. The number of benzene rings is 2. The molecule has 0 spiro atoms. The smallest absolute Gasteiger partial charge is 0.309 e. The van der Waals surface area contributed by atoms with Crippen molar-refractivity contribution in [3.8, 4) is 22.8 Å². The minimum absolute atomic E-state index is 0.0544. The molecule has 2 aromatic carbocycles. The number of halogens is 1. The van der Waals surface area contributed by atoms with E-state index < -0.39 is 5.97 Å². The molecule has 0 amide bonds. The summed E-state index contributed by atoms with van der Waals surface area (Å²) < 4.78 is 21.0. The topological polar surface area (TPSA) is 100 Å². The first-order valence-corrected chi connectivity index (χ1v) is 10.6. The number of hydrogen-bond donors (Lipinski definition) is 1. The van der Waals surface area contributed by atoms with E-state index in [0.29, 0.717) is 53.7 Å². The summed E-state index contributed by atoms with van der Waals surface area (Å²) in [6.45, 7) is 4.09. The van der Waals surface area contributed by atoms with Crippen LogP contribution in [0, 0.1) is 0 Å². The van der Waals surface area contributed by atoms with Crippen LogP contribution in [0.2, 0.25) is 5.02 Å². The largest absolute Gasteiger partial charge is 0.504 e. The van der Waals surface area contributed by atoms with Gasteiger partial charge in [0.05, 0.1) is 55.8 Å². The fourth-order valence-corrected chi connectivity index (χ4v) is 2.98. The molecule has 8 nitrogen and oxygen atoms in total. The van der Waals surface area contributed by atoms with Crippen molar-refractivity contribution < 1.29 is 28.8 Å². The number of fused-ring (bicyclic) bond motifs is 1. The minimum Gasteiger partial charge on any atom is -0.504 e. The van der Waals surface area contributed by atoms with Gasteiger partial charge >= 0.3 is 5.97 Å². The molecule has 0 unspecified atom stereocenters. The third-order valence-corrected chi connectivity index (χ3v) is 4.62. The summed E-state index contributed by atoms with van der Waals surface area (Å²) in [4.78, 5) is 20.7. The van der Waals surface area contributed by atoms with Gasteiger partial charge in [0.25, 0.3) is 0 Å². The Labute approximate surface area is 191 Å². The van der Waals surface area contributed by atoms with E-state index in [1.165, 1.54) is 0 Å². The lowest BCUT2D eigenvalue weighted by atomic mass is 10.1. The van der Waals surface area contributed by atoms with E-state index in [4.69, 9.17) is 30.5 Å². The second kappa shape index (κ2) is 12.2. The average Bonchev–Trinajstić information content (AvgIpc) is 2.79. The Morgan fingerprint density at radius 2 is 1.81 bits per heavy atom. The number of rotatable bonds is 12. The van der Waals surface area contributed by atoms with E-state index in [1.807, 2.05) is 6.92 Å². The summed E-state index contributed by atoms with van der Waals surface area (Å²) in [5.74, 6) is -0.195. The highest BCUT2D eigenvalue weighted by atomic mass is 35.5. The van der Waals surface area contributed by atoms with Gasteiger partial charge in [-0.05, 0) is 43.3 Å². The van der Waals surface area contributed by atoms with Gasteiger partial charge in [0, 0.05) is 17.2 Å². The number of carbonyl (C=O) groups is 1. The Bertz CT molecular complexity index is 1050. The van der Waals surface area contributed by atoms with Gasteiger partial charge in [-0.1, -0.05) is 11.6 Å². The van der Waals surface area contributed by atoms with Crippen LogP contribution in [-0.2, 0) is 19.0 Å². The maximum absolute atomic E-state index is 11.8. The molecule has 0 radical (unpaired) electrons. The van der Waals surface area contributed by atoms with Crippen molar-refractivity contribution in [2.24, 2.45) is 0 Å². The maximum atomic E-state index is 11.8. The number of aromatic hydroxyl groups is 1. The van der Waals surface area contributed by atoms with Crippen molar-refractivity contribution in [1.82, 2.24) is 9.97 Å². The summed E-state index contributed by atoms with van der Waals surface area (Å²) >= 11 is 5.97. The summed E-state index contributed by atoms with van der Waals surface area (Å²) in [6.07, 6.45) is 1.67. The lowest BCUT2D eigenvalue weighted by molar-refractivity contribution is -0.145. The molecule has 0 saturated heterocycles. The van der Waals surface area contributed by atoms with Crippen LogP contribution in [0.1, 0.15) is 13.3 Å². The SMILES string of the molecule is CCOCCOCCOC(=O)CCOc1ccc(-c2cnc3cc(Cl)ccc3n2)cc1O. The van der Waals surface area contributed by atoms with Gasteiger partial charge in [-0.25, -0.2) is 4.98 Å². The number of carbonyl (C=O) groups excluding carboxylic acids is 1. The van der Waals surface area contributed by atoms with Crippen molar-refractivity contribution >= 4 is 28.6 Å². The second-order valence-corrected chi connectivity index (χ2v) is 7.14. The molecule has 0 aliphatic heterocycles. The Morgan fingerprint density at radius 1 is 1.00 bits per heavy atom. The highest BCUT2D eigenvalue weighted by molar-refractivity contribution is 6.31. The Kier molecular flexibility index (Phi) is 9.03. The van der Waals surface area contributed by atoms with E-state index in [2.05, 4.69) is 9.97 Å². The first-order valence-electron chi connectivity index (χ1n) is 10.3. The third kappa shape index (κ3) is 7.05. The number of nitrogens with zero attached hydrogens (tertiary/aromatic N) is 2. The first-order chi connectivity index (χ1) is 15.6. The number of ether oxygens (including phenoxy) is 4. The zero-order valence-electron chi connectivity index (χ0n) is 17.8. The Balaban J connectivity index is 1.45. The van der Waals surface area contributed by atoms with Crippen LogP contribution in [0.5, 0.6) is 11.5 Å². The summed E-state index contributed by atoms with van der Waals surface area (Å²) in [6, 6.07) is 10.2. The number of phenols is 1. The molecular formula is C23H25ClN2O6. The van der Waals surface area contributed by atoms with Gasteiger partial charge in [-0.3, -0.25) is 9.78 Å². The molecule has 3 rings (SSSR count). The number of esters is 1. The van der Waals surface area contributed by atoms with Crippen molar-refractivity contribution in [1.29, 1.82) is 0 Å². The molecule has 1 heterocycles. The maximum Gasteiger partial charge on any atom is 0.309 e. The van der Waals surface area contributed by atoms with Crippen molar-refractivity contribution in [2.75, 3.05) is 39.6 Å². The van der Waals surface area contributed by atoms with Gasteiger partial charge in [-0.2, -0.15) is 0 Å². The average molecular weight is 461 g/mol. The quantitative estimate of drug-likeness (QED) is 0.319. The molecule has 32 heavy (non-hydrogen) atoms. The normalized spacial score (nSPS) is 10.9. The van der Waals surface area contributed by atoms with E-state index in [-0.39, 0.29) is 31.1 Å². The Hall–Kier alpha value is -2.94. The van der Waals surface area contributed by atoms with Gasteiger partial charge in [0.15, 0.2) is 11.5 Å². The summed E-state index contributed by atoms with van der Waals surface area (Å²) in [5.41, 5.74) is 2.68. The molecular weight excluding hydrogens is 436 g/mol. The molecule has 9 heteroatoms. The van der Waals surface area contributed by atoms with Crippen LogP contribution in [-0.4, -0.2) is 60.7 Å².